The maximum Gasteiger partial charge on any atom is 0.276 e. The predicted octanol–water partition coefficient (Wildman–Crippen LogP) is 1.91. The fourth-order valence-corrected chi connectivity index (χ4v) is 2.08. The number of rotatable bonds is 4. The van der Waals surface area contributed by atoms with Gasteiger partial charge in [0.25, 0.3) is 11.8 Å². The largest absolute Gasteiger partial charge is 0.484 e. The summed E-state index contributed by atoms with van der Waals surface area (Å²) in [4.78, 5) is 23.7. The van der Waals surface area contributed by atoms with Crippen molar-refractivity contribution in [2.75, 3.05) is 13.4 Å². The van der Waals surface area contributed by atoms with Crippen LogP contribution in [0.25, 0.3) is 0 Å². The van der Waals surface area contributed by atoms with Gasteiger partial charge in [0.2, 0.25) is 6.79 Å². The molecule has 0 aromatic heterocycles. The van der Waals surface area contributed by atoms with Gasteiger partial charge in [-0.25, -0.2) is 0 Å². The zero-order valence-electron chi connectivity index (χ0n) is 12.4. The summed E-state index contributed by atoms with van der Waals surface area (Å²) >= 11 is 5.75. The van der Waals surface area contributed by atoms with E-state index in [9.17, 15) is 9.59 Å². The van der Waals surface area contributed by atoms with E-state index in [0.717, 1.165) is 0 Å². The SMILES string of the molecule is O=C(COc1ccc(Cl)cc1)NNC(=O)c1ccc2c(c1)OCO2. The monoisotopic (exact) mass is 348 g/mol. The minimum absolute atomic E-state index is 0.124. The van der Waals surface area contributed by atoms with Crippen molar-refractivity contribution in [2.45, 2.75) is 0 Å². The first-order valence-corrected chi connectivity index (χ1v) is 7.37. The Morgan fingerprint density at radius 1 is 1.04 bits per heavy atom. The highest BCUT2D eigenvalue weighted by atomic mass is 35.5. The molecule has 0 bridgehead atoms. The van der Waals surface area contributed by atoms with Crippen molar-refractivity contribution < 1.29 is 23.8 Å². The van der Waals surface area contributed by atoms with E-state index in [1.165, 1.54) is 6.07 Å². The van der Waals surface area contributed by atoms with Crippen LogP contribution in [0.1, 0.15) is 10.4 Å². The van der Waals surface area contributed by atoms with Crippen molar-refractivity contribution in [1.82, 2.24) is 10.9 Å². The fourth-order valence-electron chi connectivity index (χ4n) is 1.95. The van der Waals surface area contributed by atoms with Crippen LogP contribution in [0.15, 0.2) is 42.5 Å². The molecule has 2 aromatic carbocycles. The van der Waals surface area contributed by atoms with Crippen LogP contribution >= 0.6 is 11.6 Å². The van der Waals surface area contributed by atoms with Crippen LogP contribution in [0, 0.1) is 0 Å². The fraction of sp³-hybridized carbons (Fsp3) is 0.125. The summed E-state index contributed by atoms with van der Waals surface area (Å²) in [5.74, 6) is 0.579. The number of ether oxygens (including phenoxy) is 3. The van der Waals surface area contributed by atoms with E-state index in [1.54, 1.807) is 36.4 Å². The van der Waals surface area contributed by atoms with Crippen LogP contribution in [0.2, 0.25) is 5.02 Å². The summed E-state index contributed by atoms with van der Waals surface area (Å²) < 4.78 is 15.6. The van der Waals surface area contributed by atoms with Gasteiger partial charge in [0.15, 0.2) is 18.1 Å². The minimum Gasteiger partial charge on any atom is -0.484 e. The molecule has 1 aliphatic heterocycles. The quantitative estimate of drug-likeness (QED) is 0.824. The van der Waals surface area contributed by atoms with Crippen LogP contribution in [0.3, 0.4) is 0 Å². The molecule has 0 spiro atoms. The van der Waals surface area contributed by atoms with Crippen LogP contribution in [0.4, 0.5) is 0 Å². The van der Waals surface area contributed by atoms with E-state index in [0.29, 0.717) is 27.8 Å². The number of hydrogen-bond acceptors (Lipinski definition) is 5. The highest BCUT2D eigenvalue weighted by molar-refractivity contribution is 6.30. The van der Waals surface area contributed by atoms with Gasteiger partial charge in [0.05, 0.1) is 0 Å². The Labute approximate surface area is 142 Å². The topological polar surface area (TPSA) is 85.9 Å². The molecule has 0 radical (unpaired) electrons. The molecule has 24 heavy (non-hydrogen) atoms. The molecular weight excluding hydrogens is 336 g/mol. The number of hydrogen-bond donors (Lipinski definition) is 2. The Hall–Kier alpha value is -2.93. The average Bonchev–Trinajstić information content (AvgIpc) is 3.06. The molecule has 7 nitrogen and oxygen atoms in total. The summed E-state index contributed by atoms with van der Waals surface area (Å²) in [5, 5.41) is 0.572. The molecular formula is C16H13ClN2O5. The molecule has 3 rings (SSSR count). The van der Waals surface area contributed by atoms with Gasteiger partial charge in [0.1, 0.15) is 5.75 Å². The summed E-state index contributed by atoms with van der Waals surface area (Å²) in [6, 6.07) is 11.3. The summed E-state index contributed by atoms with van der Waals surface area (Å²) in [6.45, 7) is -0.123. The van der Waals surface area contributed by atoms with Crippen LogP contribution in [0.5, 0.6) is 17.2 Å². The summed E-state index contributed by atoms with van der Waals surface area (Å²) in [6.07, 6.45) is 0. The Bertz CT molecular complexity index is 764. The smallest absolute Gasteiger partial charge is 0.276 e. The number of nitrogens with one attached hydrogen (secondary N) is 2. The van der Waals surface area contributed by atoms with E-state index < -0.39 is 11.8 Å². The van der Waals surface area contributed by atoms with E-state index in [-0.39, 0.29) is 13.4 Å². The van der Waals surface area contributed by atoms with Crippen molar-refractivity contribution in [3.05, 3.63) is 53.1 Å². The molecule has 2 N–H and O–H groups in total. The second-order valence-corrected chi connectivity index (χ2v) is 5.25. The Kier molecular flexibility index (Phi) is 4.72. The van der Waals surface area contributed by atoms with Crippen LogP contribution in [-0.4, -0.2) is 25.2 Å². The molecule has 0 fully saturated rings. The van der Waals surface area contributed by atoms with E-state index in [2.05, 4.69) is 10.9 Å². The van der Waals surface area contributed by atoms with Crippen molar-refractivity contribution >= 4 is 23.4 Å². The van der Waals surface area contributed by atoms with Crippen LogP contribution in [-0.2, 0) is 4.79 Å². The second kappa shape index (κ2) is 7.10. The highest BCUT2D eigenvalue weighted by Gasteiger charge is 2.16. The molecule has 0 unspecified atom stereocenters. The maximum atomic E-state index is 12.0. The van der Waals surface area contributed by atoms with E-state index >= 15 is 0 Å². The summed E-state index contributed by atoms with van der Waals surface area (Å²) in [7, 11) is 0. The summed E-state index contributed by atoms with van der Waals surface area (Å²) in [5.41, 5.74) is 4.90. The number of benzene rings is 2. The third kappa shape index (κ3) is 3.88. The third-order valence-corrected chi connectivity index (χ3v) is 3.39. The standard InChI is InChI=1S/C16H13ClN2O5/c17-11-2-4-12(5-3-11)22-8-15(20)18-19-16(21)10-1-6-13-14(7-10)24-9-23-13/h1-7H,8-9H2,(H,18,20)(H,19,21). The van der Waals surface area contributed by atoms with Gasteiger partial charge in [-0.1, -0.05) is 11.6 Å². The number of halogens is 1. The molecule has 1 heterocycles. The van der Waals surface area contributed by atoms with Gasteiger partial charge in [-0.15, -0.1) is 0 Å². The van der Waals surface area contributed by atoms with Gasteiger partial charge >= 0.3 is 0 Å². The first-order valence-electron chi connectivity index (χ1n) is 6.99. The lowest BCUT2D eigenvalue weighted by atomic mass is 10.2. The average molecular weight is 349 g/mol. The van der Waals surface area contributed by atoms with Crippen molar-refractivity contribution in [3.8, 4) is 17.2 Å². The highest BCUT2D eigenvalue weighted by Crippen LogP contribution is 2.32. The van der Waals surface area contributed by atoms with Gasteiger partial charge in [0, 0.05) is 10.6 Å². The number of fused-ring (bicyclic) bond motifs is 1. The van der Waals surface area contributed by atoms with Gasteiger partial charge < -0.3 is 14.2 Å². The number of carbonyl (C=O) groups excluding carboxylic acids is 2. The van der Waals surface area contributed by atoms with Gasteiger partial charge in [-0.05, 0) is 42.5 Å². The van der Waals surface area contributed by atoms with E-state index in [4.69, 9.17) is 25.8 Å². The normalized spacial score (nSPS) is 11.7. The molecule has 0 aliphatic carbocycles. The molecule has 0 atom stereocenters. The molecule has 124 valence electrons. The first kappa shape index (κ1) is 15.9. The predicted molar refractivity (Wildman–Crippen MR) is 85.1 cm³/mol. The van der Waals surface area contributed by atoms with Crippen molar-refractivity contribution in [3.63, 3.8) is 0 Å². The molecule has 0 saturated carbocycles. The molecule has 1 aliphatic rings. The zero-order chi connectivity index (χ0) is 16.9. The van der Waals surface area contributed by atoms with Gasteiger partial charge in [-0.2, -0.15) is 0 Å². The minimum atomic E-state index is -0.501. The Balaban J connectivity index is 1.47. The van der Waals surface area contributed by atoms with Crippen molar-refractivity contribution in [2.24, 2.45) is 0 Å². The second-order valence-electron chi connectivity index (χ2n) is 4.81. The number of hydrazine groups is 1. The first-order chi connectivity index (χ1) is 11.6. The van der Waals surface area contributed by atoms with E-state index in [1.807, 2.05) is 0 Å². The molecule has 0 saturated heterocycles. The lowest BCUT2D eigenvalue weighted by molar-refractivity contribution is -0.123. The maximum absolute atomic E-state index is 12.0. The zero-order valence-corrected chi connectivity index (χ0v) is 13.1. The molecule has 2 amide bonds. The number of carbonyl (C=O) groups is 2. The lowest BCUT2D eigenvalue weighted by Gasteiger charge is -2.09. The molecule has 2 aromatic rings. The Morgan fingerprint density at radius 3 is 2.58 bits per heavy atom. The Morgan fingerprint density at radius 2 is 1.79 bits per heavy atom. The van der Waals surface area contributed by atoms with Gasteiger partial charge in [-0.3, -0.25) is 20.4 Å². The lowest BCUT2D eigenvalue weighted by Crippen LogP contribution is -2.43. The third-order valence-electron chi connectivity index (χ3n) is 3.13. The van der Waals surface area contributed by atoms with Crippen LogP contribution < -0.4 is 25.1 Å². The number of amides is 2. The molecule has 8 heteroatoms. The van der Waals surface area contributed by atoms with Crippen molar-refractivity contribution in [1.29, 1.82) is 0 Å².